The first-order valence-corrected chi connectivity index (χ1v) is 8.82. The second-order valence-corrected chi connectivity index (χ2v) is 7.14. The number of hydrogen-bond donors (Lipinski definition) is 0. The monoisotopic (exact) mass is 360 g/mol. The van der Waals surface area contributed by atoms with Crippen molar-refractivity contribution in [3.05, 3.63) is 29.8 Å². The fourth-order valence-electron chi connectivity index (χ4n) is 3.51. The third-order valence-corrected chi connectivity index (χ3v) is 4.92. The smallest absolute Gasteiger partial charge is 0.418 e. The van der Waals surface area contributed by atoms with Crippen molar-refractivity contribution in [3.8, 4) is 5.75 Å². The zero-order valence-electron chi connectivity index (χ0n) is 15.4. The summed E-state index contributed by atoms with van der Waals surface area (Å²) in [5.74, 6) is 0.00632. The van der Waals surface area contributed by atoms with E-state index in [1.807, 2.05) is 24.3 Å². The van der Waals surface area contributed by atoms with Gasteiger partial charge in [-0.1, -0.05) is 12.1 Å². The number of hydrogen-bond acceptors (Lipinski definition) is 5. The molecule has 2 fully saturated rings. The van der Waals surface area contributed by atoms with Crippen LogP contribution in [-0.4, -0.2) is 53.5 Å². The molecule has 2 saturated heterocycles. The molecule has 2 aliphatic heterocycles. The molecule has 0 aromatic heterocycles. The van der Waals surface area contributed by atoms with Crippen LogP contribution in [0, 0.1) is 0 Å². The molecule has 7 nitrogen and oxygen atoms in total. The van der Waals surface area contributed by atoms with Crippen LogP contribution < -0.4 is 4.74 Å². The molecule has 0 bridgehead atoms. The SMILES string of the molecule is COc1cccc([C@@H]2CCCCN2C(=O)CN2C(=O)OC(C)(C)C2=O)c1. The molecule has 140 valence electrons. The first-order valence-electron chi connectivity index (χ1n) is 8.82. The van der Waals surface area contributed by atoms with E-state index in [0.717, 1.165) is 35.5 Å². The normalized spacial score (nSPS) is 22.3. The van der Waals surface area contributed by atoms with Gasteiger partial charge in [0.2, 0.25) is 5.91 Å². The van der Waals surface area contributed by atoms with E-state index >= 15 is 0 Å². The van der Waals surface area contributed by atoms with E-state index in [9.17, 15) is 14.4 Å². The number of carbonyl (C=O) groups excluding carboxylic acids is 3. The zero-order chi connectivity index (χ0) is 18.9. The molecule has 2 aliphatic rings. The van der Waals surface area contributed by atoms with Crippen molar-refractivity contribution in [1.29, 1.82) is 0 Å². The number of likely N-dealkylation sites (tertiary alicyclic amines) is 1. The maximum Gasteiger partial charge on any atom is 0.418 e. The van der Waals surface area contributed by atoms with Crippen LogP contribution >= 0.6 is 0 Å². The second kappa shape index (κ2) is 6.97. The third kappa shape index (κ3) is 3.38. The summed E-state index contributed by atoms with van der Waals surface area (Å²) in [4.78, 5) is 39.8. The lowest BCUT2D eigenvalue weighted by Crippen LogP contribution is -2.46. The van der Waals surface area contributed by atoms with Gasteiger partial charge in [-0.15, -0.1) is 0 Å². The molecule has 0 radical (unpaired) electrons. The third-order valence-electron chi connectivity index (χ3n) is 4.92. The number of methoxy groups -OCH3 is 1. The van der Waals surface area contributed by atoms with Gasteiger partial charge in [0.05, 0.1) is 13.2 Å². The standard InChI is InChI=1S/C19H24N2O5/c1-19(2)17(23)21(18(24)26-19)12-16(22)20-10-5-4-9-15(20)13-7-6-8-14(11-13)25-3/h6-8,11,15H,4-5,9-10,12H2,1-3H3/t15-/m0/s1. The highest BCUT2D eigenvalue weighted by Crippen LogP contribution is 2.33. The molecule has 1 aromatic rings. The Morgan fingerprint density at radius 1 is 1.31 bits per heavy atom. The van der Waals surface area contributed by atoms with Crippen LogP contribution in [0.5, 0.6) is 5.75 Å². The summed E-state index contributed by atoms with van der Waals surface area (Å²) in [6.07, 6.45) is 1.99. The fourth-order valence-corrected chi connectivity index (χ4v) is 3.51. The predicted octanol–water partition coefficient (Wildman–Crippen LogP) is 2.51. The minimum atomic E-state index is -1.22. The summed E-state index contributed by atoms with van der Waals surface area (Å²) in [6.45, 7) is 3.36. The Morgan fingerprint density at radius 3 is 2.73 bits per heavy atom. The molecule has 2 heterocycles. The van der Waals surface area contributed by atoms with Crippen molar-refractivity contribution in [3.63, 3.8) is 0 Å². The van der Waals surface area contributed by atoms with E-state index in [-0.39, 0.29) is 18.5 Å². The van der Waals surface area contributed by atoms with Gasteiger partial charge in [-0.25, -0.2) is 9.69 Å². The van der Waals surface area contributed by atoms with Crippen LogP contribution in [0.25, 0.3) is 0 Å². The Hall–Kier alpha value is -2.57. The van der Waals surface area contributed by atoms with E-state index in [0.29, 0.717) is 6.54 Å². The number of rotatable bonds is 4. The lowest BCUT2D eigenvalue weighted by atomic mass is 9.95. The highest BCUT2D eigenvalue weighted by molar-refractivity contribution is 6.04. The van der Waals surface area contributed by atoms with Gasteiger partial charge >= 0.3 is 6.09 Å². The Balaban J connectivity index is 1.78. The van der Waals surface area contributed by atoms with Crippen molar-refractivity contribution in [2.75, 3.05) is 20.2 Å². The lowest BCUT2D eigenvalue weighted by molar-refractivity contribution is -0.142. The molecule has 3 amide bonds. The number of nitrogens with zero attached hydrogens (tertiary/aromatic N) is 2. The number of carbonyl (C=O) groups is 3. The van der Waals surface area contributed by atoms with Gasteiger partial charge in [0, 0.05) is 6.54 Å². The van der Waals surface area contributed by atoms with Crippen LogP contribution in [0.15, 0.2) is 24.3 Å². The second-order valence-electron chi connectivity index (χ2n) is 7.14. The summed E-state index contributed by atoms with van der Waals surface area (Å²) in [7, 11) is 1.61. The van der Waals surface area contributed by atoms with Crippen molar-refractivity contribution in [2.45, 2.75) is 44.8 Å². The highest BCUT2D eigenvalue weighted by Gasteiger charge is 2.48. The minimum Gasteiger partial charge on any atom is -0.497 e. The molecule has 26 heavy (non-hydrogen) atoms. The van der Waals surface area contributed by atoms with Gasteiger partial charge in [-0.05, 0) is 50.8 Å². The van der Waals surface area contributed by atoms with Crippen LogP contribution in [0.1, 0.15) is 44.7 Å². The van der Waals surface area contributed by atoms with E-state index in [1.54, 1.807) is 12.0 Å². The molecule has 0 spiro atoms. The summed E-state index contributed by atoms with van der Waals surface area (Å²) in [6, 6.07) is 7.56. The average Bonchev–Trinajstić information content (AvgIpc) is 2.83. The fraction of sp³-hybridized carbons (Fsp3) is 0.526. The molecule has 0 N–H and O–H groups in total. The summed E-state index contributed by atoms with van der Waals surface area (Å²) >= 11 is 0. The van der Waals surface area contributed by atoms with Crippen molar-refractivity contribution >= 4 is 17.9 Å². The van der Waals surface area contributed by atoms with Gasteiger partial charge in [0.15, 0.2) is 5.60 Å². The molecular weight excluding hydrogens is 336 g/mol. The molecule has 0 aliphatic carbocycles. The summed E-state index contributed by atoms with van der Waals surface area (Å²) in [5, 5.41) is 0. The van der Waals surface area contributed by atoms with E-state index in [2.05, 4.69) is 0 Å². The van der Waals surface area contributed by atoms with Crippen molar-refractivity contribution < 1.29 is 23.9 Å². The van der Waals surface area contributed by atoms with E-state index in [1.165, 1.54) is 13.8 Å². The highest BCUT2D eigenvalue weighted by atomic mass is 16.6. The lowest BCUT2D eigenvalue weighted by Gasteiger charge is -2.36. The topological polar surface area (TPSA) is 76.2 Å². The molecule has 7 heteroatoms. The Kier molecular flexibility index (Phi) is 4.89. The van der Waals surface area contributed by atoms with Gasteiger partial charge in [-0.3, -0.25) is 9.59 Å². The van der Waals surface area contributed by atoms with E-state index in [4.69, 9.17) is 9.47 Å². The number of ether oxygens (including phenoxy) is 2. The first-order chi connectivity index (χ1) is 12.3. The number of benzene rings is 1. The van der Waals surface area contributed by atoms with Crippen LogP contribution in [0.3, 0.4) is 0 Å². The van der Waals surface area contributed by atoms with Crippen molar-refractivity contribution in [1.82, 2.24) is 9.80 Å². The molecule has 1 aromatic carbocycles. The van der Waals surface area contributed by atoms with Crippen LogP contribution in [-0.2, 0) is 14.3 Å². The Labute approximate surface area is 152 Å². The largest absolute Gasteiger partial charge is 0.497 e. The maximum atomic E-state index is 12.9. The molecule has 1 atom stereocenters. The zero-order valence-corrected chi connectivity index (χ0v) is 15.4. The summed E-state index contributed by atoms with van der Waals surface area (Å²) < 4.78 is 10.3. The van der Waals surface area contributed by atoms with Gasteiger partial charge < -0.3 is 14.4 Å². The maximum absolute atomic E-state index is 12.9. The van der Waals surface area contributed by atoms with Crippen molar-refractivity contribution in [2.24, 2.45) is 0 Å². The quantitative estimate of drug-likeness (QED) is 0.825. The van der Waals surface area contributed by atoms with Gasteiger partial charge in [0.1, 0.15) is 12.3 Å². The number of cyclic esters (lactones) is 1. The first kappa shape index (κ1) is 18.2. The average molecular weight is 360 g/mol. The molecule has 0 unspecified atom stereocenters. The molecule has 0 saturated carbocycles. The van der Waals surface area contributed by atoms with Gasteiger partial charge in [0.25, 0.3) is 5.91 Å². The predicted molar refractivity (Wildman–Crippen MR) is 93.6 cm³/mol. The molecule has 3 rings (SSSR count). The number of imide groups is 1. The Morgan fingerprint density at radius 2 is 2.08 bits per heavy atom. The Bertz CT molecular complexity index is 730. The van der Waals surface area contributed by atoms with E-state index < -0.39 is 17.6 Å². The van der Waals surface area contributed by atoms with Gasteiger partial charge in [-0.2, -0.15) is 0 Å². The molecular formula is C19H24N2O5. The van der Waals surface area contributed by atoms with Crippen LogP contribution in [0.2, 0.25) is 0 Å². The minimum absolute atomic E-state index is 0.0897. The number of piperidine rings is 1. The summed E-state index contributed by atoms with van der Waals surface area (Å²) in [5.41, 5.74) is -0.223. The number of amides is 3. The van der Waals surface area contributed by atoms with Crippen LogP contribution in [0.4, 0.5) is 4.79 Å².